The van der Waals surface area contributed by atoms with E-state index >= 15 is 0 Å². The van der Waals surface area contributed by atoms with Crippen molar-refractivity contribution in [1.82, 2.24) is 15.2 Å². The molecule has 0 saturated carbocycles. The summed E-state index contributed by atoms with van der Waals surface area (Å²) in [4.78, 5) is 46.3. The second-order valence-electron chi connectivity index (χ2n) is 13.1. The van der Waals surface area contributed by atoms with Crippen LogP contribution in [-0.4, -0.2) is 62.7 Å². The summed E-state index contributed by atoms with van der Waals surface area (Å²) in [6.07, 6.45) is 2.58. The number of methoxy groups -OCH3 is 4. The molecule has 2 aliphatic rings. The highest BCUT2D eigenvalue weighted by molar-refractivity contribution is 5.89. The molecular formula is C39H46N4O7. The summed E-state index contributed by atoms with van der Waals surface area (Å²) in [5.41, 5.74) is 6.34. The highest BCUT2D eigenvalue weighted by atomic mass is 16.5. The maximum atomic E-state index is 14.4. The van der Waals surface area contributed by atoms with Gasteiger partial charge in [0, 0.05) is 54.2 Å². The number of ether oxygens (including phenoxy) is 4. The molecule has 3 aromatic carbocycles. The Labute approximate surface area is 292 Å². The molecule has 11 nitrogen and oxygen atoms in total. The number of aromatic nitrogens is 1. The Morgan fingerprint density at radius 1 is 0.980 bits per heavy atom. The van der Waals surface area contributed by atoms with Gasteiger partial charge in [0.1, 0.15) is 11.8 Å². The van der Waals surface area contributed by atoms with Crippen LogP contribution < -0.4 is 35.0 Å². The zero-order chi connectivity index (χ0) is 35.7. The number of amides is 2. The third-order valence-corrected chi connectivity index (χ3v) is 10.2. The zero-order valence-corrected chi connectivity index (χ0v) is 29.8. The average molecular weight is 683 g/mol. The molecule has 0 spiro atoms. The molecule has 1 aliphatic carbocycles. The first-order valence-corrected chi connectivity index (χ1v) is 17.1. The number of hydrogen-bond acceptors (Lipinski definition) is 8. The van der Waals surface area contributed by atoms with Crippen molar-refractivity contribution in [3.8, 4) is 34.1 Å². The molecule has 1 aromatic heterocycles. The molecule has 2 heterocycles. The minimum absolute atomic E-state index is 0.0605. The van der Waals surface area contributed by atoms with E-state index in [1.807, 2.05) is 49.1 Å². The van der Waals surface area contributed by atoms with Crippen LogP contribution in [0.4, 0.5) is 5.69 Å². The van der Waals surface area contributed by atoms with Gasteiger partial charge in [0.05, 0.1) is 40.2 Å². The van der Waals surface area contributed by atoms with Gasteiger partial charge >= 0.3 is 0 Å². The molecule has 0 unspecified atom stereocenters. The molecule has 50 heavy (non-hydrogen) atoms. The standard InChI is InChI=1S/C39H46N4O7/c1-8-21(2)36(39(46)43-16-15-31-28(20-43)26-18-24(47-4)10-13-30(26)41-31)42-32-14-11-25-27(19-33(32)45)29(40-22(3)44)12-9-23-17-34(48-5)37(49-6)38(50-7)35(23)25/h10-11,13-14,17-19,21,29,36,41H,8-9,12,15-16,20H2,1-7H3,(H,40,44)(H,42,45)/t21-,29+,36+/m1/s1. The Bertz CT molecular complexity index is 2010. The van der Waals surface area contributed by atoms with Crippen molar-refractivity contribution in [2.24, 2.45) is 5.92 Å². The zero-order valence-electron chi connectivity index (χ0n) is 29.8. The third kappa shape index (κ3) is 6.32. The number of rotatable bonds is 10. The van der Waals surface area contributed by atoms with Crippen LogP contribution in [0.2, 0.25) is 0 Å². The van der Waals surface area contributed by atoms with Crippen LogP contribution in [0.3, 0.4) is 0 Å². The molecule has 11 heteroatoms. The van der Waals surface area contributed by atoms with Gasteiger partial charge < -0.3 is 39.5 Å². The van der Waals surface area contributed by atoms with E-state index in [1.54, 1.807) is 40.6 Å². The first kappa shape index (κ1) is 34.7. The minimum atomic E-state index is -0.645. The number of carbonyl (C=O) groups is 2. The SMILES string of the molecule is CC[C@@H](C)[C@H](Nc1ccc2c(cc1=O)[C@@H](NC(C)=O)CCc1cc(OC)c(OC)c(OC)c1-2)C(=O)N1CCc2[nH]c3ccc(OC)cc3c2C1. The molecule has 1 aliphatic heterocycles. The number of anilines is 1. The molecule has 0 saturated heterocycles. The number of hydrogen-bond donors (Lipinski definition) is 3. The lowest BCUT2D eigenvalue weighted by Gasteiger charge is -2.33. The van der Waals surface area contributed by atoms with Crippen LogP contribution in [-0.2, 0) is 29.0 Å². The number of H-pyrrole nitrogens is 1. The normalized spacial score (nSPS) is 16.2. The Morgan fingerprint density at radius 2 is 1.76 bits per heavy atom. The van der Waals surface area contributed by atoms with Gasteiger partial charge in [-0.1, -0.05) is 26.3 Å². The summed E-state index contributed by atoms with van der Waals surface area (Å²) in [7, 11) is 6.35. The van der Waals surface area contributed by atoms with Crippen LogP contribution in [0.1, 0.15) is 62.0 Å². The molecule has 3 N–H and O–H groups in total. The maximum Gasteiger partial charge on any atom is 0.245 e. The van der Waals surface area contributed by atoms with Gasteiger partial charge in [0.15, 0.2) is 11.5 Å². The first-order valence-electron chi connectivity index (χ1n) is 17.1. The summed E-state index contributed by atoms with van der Waals surface area (Å²) in [5.74, 6) is 1.87. The van der Waals surface area contributed by atoms with E-state index in [1.165, 1.54) is 6.92 Å². The van der Waals surface area contributed by atoms with Gasteiger partial charge in [0.25, 0.3) is 0 Å². The Balaban J connectivity index is 1.41. The number of nitrogens with one attached hydrogen (secondary N) is 3. The molecule has 4 aromatic rings. The van der Waals surface area contributed by atoms with E-state index in [4.69, 9.17) is 18.9 Å². The number of aromatic amines is 1. The van der Waals surface area contributed by atoms with Crippen molar-refractivity contribution >= 4 is 28.4 Å². The van der Waals surface area contributed by atoms with Crippen LogP contribution in [0.15, 0.2) is 47.3 Å². The lowest BCUT2D eigenvalue weighted by molar-refractivity contribution is -0.134. The smallest absolute Gasteiger partial charge is 0.245 e. The molecule has 3 atom stereocenters. The van der Waals surface area contributed by atoms with Crippen molar-refractivity contribution in [3.63, 3.8) is 0 Å². The number of aryl methyl sites for hydroxylation is 1. The minimum Gasteiger partial charge on any atom is -0.497 e. The molecule has 2 amide bonds. The van der Waals surface area contributed by atoms with Crippen molar-refractivity contribution < 1.29 is 28.5 Å². The predicted octanol–water partition coefficient (Wildman–Crippen LogP) is 5.76. The van der Waals surface area contributed by atoms with E-state index in [2.05, 4.69) is 15.6 Å². The number of fused-ring (bicyclic) bond motifs is 6. The fourth-order valence-corrected chi connectivity index (χ4v) is 7.38. The fourth-order valence-electron chi connectivity index (χ4n) is 7.38. The second-order valence-corrected chi connectivity index (χ2v) is 13.1. The highest BCUT2D eigenvalue weighted by Gasteiger charge is 2.33. The summed E-state index contributed by atoms with van der Waals surface area (Å²) >= 11 is 0. The number of carbonyl (C=O) groups excluding carboxylic acids is 2. The van der Waals surface area contributed by atoms with Gasteiger partial charge in [-0.05, 0) is 71.8 Å². The molecule has 0 radical (unpaired) electrons. The number of nitrogens with zero attached hydrogens (tertiary/aromatic N) is 1. The third-order valence-electron chi connectivity index (χ3n) is 10.2. The van der Waals surface area contributed by atoms with Crippen molar-refractivity contribution in [2.75, 3.05) is 40.3 Å². The summed E-state index contributed by atoms with van der Waals surface area (Å²) in [5, 5.41) is 7.47. The van der Waals surface area contributed by atoms with Gasteiger partial charge in [0.2, 0.25) is 23.0 Å². The van der Waals surface area contributed by atoms with Crippen LogP contribution in [0.25, 0.3) is 22.0 Å². The van der Waals surface area contributed by atoms with Gasteiger partial charge in [-0.3, -0.25) is 14.4 Å². The largest absolute Gasteiger partial charge is 0.497 e. The lowest BCUT2D eigenvalue weighted by Crippen LogP contribution is -2.48. The van der Waals surface area contributed by atoms with Crippen molar-refractivity contribution in [3.05, 3.63) is 75.1 Å². The van der Waals surface area contributed by atoms with Crippen molar-refractivity contribution in [1.29, 1.82) is 0 Å². The average Bonchev–Trinajstić information content (AvgIpc) is 3.33. The Morgan fingerprint density at radius 3 is 2.44 bits per heavy atom. The van der Waals surface area contributed by atoms with Gasteiger partial charge in [-0.2, -0.15) is 0 Å². The Kier molecular flexibility index (Phi) is 9.95. The second kappa shape index (κ2) is 14.3. The summed E-state index contributed by atoms with van der Waals surface area (Å²) in [6.45, 7) is 6.55. The van der Waals surface area contributed by atoms with E-state index in [9.17, 15) is 14.4 Å². The van der Waals surface area contributed by atoms with E-state index < -0.39 is 12.1 Å². The quantitative estimate of drug-likeness (QED) is 0.192. The molecule has 6 rings (SSSR count). The van der Waals surface area contributed by atoms with E-state index in [0.717, 1.165) is 51.0 Å². The van der Waals surface area contributed by atoms with Gasteiger partial charge in [-0.25, -0.2) is 0 Å². The molecule has 0 bridgehead atoms. The van der Waals surface area contributed by atoms with E-state index in [0.29, 0.717) is 60.9 Å². The topological polar surface area (TPSA) is 131 Å². The van der Waals surface area contributed by atoms with Crippen molar-refractivity contribution in [2.45, 2.75) is 65.1 Å². The summed E-state index contributed by atoms with van der Waals surface area (Å²) in [6, 6.07) is 12.0. The highest BCUT2D eigenvalue weighted by Crippen LogP contribution is 2.50. The Hall–Kier alpha value is -5.19. The van der Waals surface area contributed by atoms with Gasteiger partial charge in [-0.15, -0.1) is 0 Å². The molecular weight excluding hydrogens is 636 g/mol. The molecule has 264 valence electrons. The predicted molar refractivity (Wildman–Crippen MR) is 194 cm³/mol. The molecule has 0 fully saturated rings. The lowest BCUT2D eigenvalue weighted by atomic mass is 9.95. The number of benzene rings is 2. The first-order chi connectivity index (χ1) is 24.1. The van der Waals surface area contributed by atoms with E-state index in [-0.39, 0.29) is 23.2 Å². The van der Waals surface area contributed by atoms with Crippen LogP contribution in [0, 0.1) is 5.92 Å². The van der Waals surface area contributed by atoms with Crippen LogP contribution >= 0.6 is 0 Å². The maximum absolute atomic E-state index is 14.4. The fraction of sp³-hybridized carbons (Fsp3) is 0.410. The monoisotopic (exact) mass is 682 g/mol. The summed E-state index contributed by atoms with van der Waals surface area (Å²) < 4.78 is 22.8. The van der Waals surface area contributed by atoms with Crippen LogP contribution in [0.5, 0.6) is 23.0 Å².